The van der Waals surface area contributed by atoms with Gasteiger partial charge >= 0.3 is 0 Å². The molecule has 0 fully saturated rings. The number of aromatic hydroxyl groups is 6. The maximum Gasteiger partial charge on any atom is 0.158 e. The highest BCUT2D eigenvalue weighted by atomic mass is 16.3. The second-order valence-electron chi connectivity index (χ2n) is 7.72. The number of phenolic OH excluding ortho intramolecular Hbond substituents is 6. The van der Waals surface area contributed by atoms with E-state index in [-0.39, 0.29) is 34.5 Å². The summed E-state index contributed by atoms with van der Waals surface area (Å²) in [6.45, 7) is 7.28. The van der Waals surface area contributed by atoms with E-state index >= 15 is 0 Å². The van der Waals surface area contributed by atoms with E-state index in [1.54, 1.807) is 13.8 Å². The van der Waals surface area contributed by atoms with E-state index in [9.17, 15) is 30.6 Å². The molecule has 0 saturated carbocycles. The fraction of sp³-hybridized carbons (Fsp3) is 0.167. The van der Waals surface area contributed by atoms with Crippen LogP contribution in [0.5, 0.6) is 34.5 Å². The maximum absolute atomic E-state index is 11.1. The Morgan fingerprint density at radius 2 is 0.667 bits per heavy atom. The minimum atomic E-state index is -0.358. The van der Waals surface area contributed by atoms with Crippen molar-refractivity contribution in [3.63, 3.8) is 0 Å². The van der Waals surface area contributed by atoms with Crippen molar-refractivity contribution in [3.05, 3.63) is 46.5 Å². The minimum Gasteiger partial charge on any atom is -0.507 e. The molecule has 0 atom stereocenters. The van der Waals surface area contributed by atoms with Gasteiger partial charge in [0, 0.05) is 21.9 Å². The number of rotatable bonds is 1. The summed E-state index contributed by atoms with van der Waals surface area (Å²) in [6, 6.07) is 5.38. The van der Waals surface area contributed by atoms with Crippen molar-refractivity contribution in [1.82, 2.24) is 0 Å². The zero-order valence-electron chi connectivity index (χ0n) is 17.0. The average molecular weight is 406 g/mol. The number of fused-ring (bicyclic) bond motifs is 2. The van der Waals surface area contributed by atoms with Crippen molar-refractivity contribution in [2.45, 2.75) is 27.7 Å². The van der Waals surface area contributed by atoms with Crippen molar-refractivity contribution in [1.29, 1.82) is 0 Å². The zero-order valence-corrected chi connectivity index (χ0v) is 17.0. The molecule has 0 amide bonds. The molecule has 30 heavy (non-hydrogen) atoms. The Morgan fingerprint density at radius 3 is 0.967 bits per heavy atom. The Bertz CT molecular complexity index is 1280. The van der Waals surface area contributed by atoms with Crippen LogP contribution in [0.2, 0.25) is 0 Å². The smallest absolute Gasteiger partial charge is 0.158 e. The second kappa shape index (κ2) is 6.35. The molecule has 0 aliphatic carbocycles. The van der Waals surface area contributed by atoms with Crippen molar-refractivity contribution < 1.29 is 30.6 Å². The minimum absolute atomic E-state index is 0.136. The van der Waals surface area contributed by atoms with Gasteiger partial charge in [-0.2, -0.15) is 0 Å². The summed E-state index contributed by atoms with van der Waals surface area (Å²) in [5.74, 6) is -1.56. The van der Waals surface area contributed by atoms with E-state index in [0.29, 0.717) is 43.8 Å². The van der Waals surface area contributed by atoms with Crippen LogP contribution in [0.25, 0.3) is 32.7 Å². The highest BCUT2D eigenvalue weighted by Gasteiger charge is 2.24. The van der Waals surface area contributed by atoms with Crippen LogP contribution in [-0.2, 0) is 0 Å². The van der Waals surface area contributed by atoms with Gasteiger partial charge in [-0.1, -0.05) is 0 Å². The van der Waals surface area contributed by atoms with Crippen LogP contribution in [0.3, 0.4) is 0 Å². The third-order valence-corrected chi connectivity index (χ3v) is 6.15. The summed E-state index contributed by atoms with van der Waals surface area (Å²) in [5, 5.41) is 63.8. The average Bonchev–Trinajstić information content (AvgIpc) is 2.70. The summed E-state index contributed by atoms with van der Waals surface area (Å²) in [5.41, 5.74) is 3.75. The Labute approximate surface area is 172 Å². The van der Waals surface area contributed by atoms with Crippen LogP contribution in [0, 0.1) is 27.7 Å². The first-order chi connectivity index (χ1) is 14.0. The molecule has 4 aromatic carbocycles. The fourth-order valence-electron chi connectivity index (χ4n) is 4.18. The first kappa shape index (κ1) is 19.5. The molecule has 0 aliphatic rings. The topological polar surface area (TPSA) is 121 Å². The molecule has 0 bridgehead atoms. The van der Waals surface area contributed by atoms with Gasteiger partial charge in [0.05, 0.1) is 0 Å². The van der Waals surface area contributed by atoms with Crippen LogP contribution < -0.4 is 0 Å². The summed E-state index contributed by atoms with van der Waals surface area (Å²) in [6.07, 6.45) is 0. The predicted octanol–water partition coefficient (Wildman–Crippen LogP) is 5.13. The molecule has 0 aromatic heterocycles. The third kappa shape index (κ3) is 2.50. The van der Waals surface area contributed by atoms with Crippen LogP contribution in [0.1, 0.15) is 22.3 Å². The van der Waals surface area contributed by atoms with Crippen molar-refractivity contribution >= 4 is 21.5 Å². The third-order valence-electron chi connectivity index (χ3n) is 6.15. The highest BCUT2D eigenvalue weighted by molar-refractivity contribution is 6.06. The van der Waals surface area contributed by atoms with E-state index in [1.807, 2.05) is 13.8 Å². The van der Waals surface area contributed by atoms with Crippen molar-refractivity contribution in [2.75, 3.05) is 0 Å². The van der Waals surface area contributed by atoms with E-state index in [4.69, 9.17) is 0 Å². The summed E-state index contributed by atoms with van der Waals surface area (Å²) in [7, 11) is 0. The standard InChI is InChI=1S/C24H22O6/c1-9-11(3)21(23(29)15-7-19(27)17(25)5-13(9)15)22-12(4)10(2)14-6-18(26)20(28)8-16(14)24(22)30/h5-8,25-30H,1-4H3. The molecule has 0 spiro atoms. The molecule has 4 aromatic rings. The SMILES string of the molecule is Cc1c(-c2c(C)c(C)c3cc(O)c(O)cc3c2O)c(O)c2cc(O)c(O)cc2c1C. The molecule has 0 unspecified atom stereocenters. The van der Waals surface area contributed by atoms with Crippen LogP contribution in [-0.4, -0.2) is 30.6 Å². The Balaban J connectivity index is 2.21. The van der Waals surface area contributed by atoms with Gasteiger partial charge in [-0.15, -0.1) is 0 Å². The molecular formula is C24H22O6. The lowest BCUT2D eigenvalue weighted by Crippen LogP contribution is -1.97. The lowest BCUT2D eigenvalue weighted by Gasteiger charge is -2.21. The number of aryl methyl sites for hydroxylation is 2. The van der Waals surface area contributed by atoms with Crippen LogP contribution in [0.15, 0.2) is 24.3 Å². The molecule has 0 aliphatic heterocycles. The first-order valence-corrected chi connectivity index (χ1v) is 9.40. The molecule has 154 valence electrons. The number of phenols is 6. The van der Waals surface area contributed by atoms with E-state index in [0.717, 1.165) is 11.1 Å². The molecule has 6 N–H and O–H groups in total. The largest absolute Gasteiger partial charge is 0.507 e. The van der Waals surface area contributed by atoms with E-state index in [2.05, 4.69) is 0 Å². The lowest BCUT2D eigenvalue weighted by molar-refractivity contribution is 0.404. The maximum atomic E-state index is 11.1. The lowest BCUT2D eigenvalue weighted by atomic mass is 9.85. The zero-order chi connectivity index (χ0) is 22.1. The molecule has 0 saturated heterocycles. The predicted molar refractivity (Wildman–Crippen MR) is 116 cm³/mol. The Kier molecular flexibility index (Phi) is 4.13. The summed E-state index contributed by atoms with van der Waals surface area (Å²) >= 11 is 0. The van der Waals surface area contributed by atoms with Gasteiger partial charge < -0.3 is 30.6 Å². The van der Waals surface area contributed by atoms with Crippen LogP contribution >= 0.6 is 0 Å². The fourth-order valence-corrected chi connectivity index (χ4v) is 4.18. The van der Waals surface area contributed by atoms with Crippen molar-refractivity contribution in [2.24, 2.45) is 0 Å². The first-order valence-electron chi connectivity index (χ1n) is 9.40. The Morgan fingerprint density at radius 1 is 0.400 bits per heavy atom. The van der Waals surface area contributed by atoms with Gasteiger partial charge in [-0.05, 0) is 85.0 Å². The van der Waals surface area contributed by atoms with Gasteiger partial charge in [-0.25, -0.2) is 0 Å². The van der Waals surface area contributed by atoms with Crippen LogP contribution in [0.4, 0.5) is 0 Å². The number of hydrogen-bond acceptors (Lipinski definition) is 6. The molecule has 6 heteroatoms. The van der Waals surface area contributed by atoms with Gasteiger partial charge in [0.2, 0.25) is 0 Å². The highest BCUT2D eigenvalue weighted by Crippen LogP contribution is 2.51. The van der Waals surface area contributed by atoms with E-state index in [1.165, 1.54) is 24.3 Å². The summed E-state index contributed by atoms with van der Waals surface area (Å²) < 4.78 is 0. The van der Waals surface area contributed by atoms with Gasteiger partial charge in [0.25, 0.3) is 0 Å². The Hall–Kier alpha value is -3.80. The van der Waals surface area contributed by atoms with Gasteiger partial charge in [0.1, 0.15) is 11.5 Å². The normalized spacial score (nSPS) is 11.5. The second-order valence-corrected chi connectivity index (χ2v) is 7.72. The molecule has 6 nitrogen and oxygen atoms in total. The van der Waals surface area contributed by atoms with E-state index < -0.39 is 0 Å². The molecule has 0 heterocycles. The molecule has 4 rings (SSSR count). The number of hydrogen-bond donors (Lipinski definition) is 6. The molecular weight excluding hydrogens is 384 g/mol. The molecule has 0 radical (unpaired) electrons. The van der Waals surface area contributed by atoms with Crippen molar-refractivity contribution in [3.8, 4) is 45.6 Å². The number of benzene rings is 4. The van der Waals surface area contributed by atoms with Gasteiger partial charge in [-0.3, -0.25) is 0 Å². The summed E-state index contributed by atoms with van der Waals surface area (Å²) in [4.78, 5) is 0. The quantitative estimate of drug-likeness (QED) is 0.244. The monoisotopic (exact) mass is 406 g/mol. The van der Waals surface area contributed by atoms with Gasteiger partial charge in [0.15, 0.2) is 23.0 Å².